The average Bonchev–Trinajstić information content (AvgIpc) is 2.63. The third-order valence-electron chi connectivity index (χ3n) is 2.37. The first-order chi connectivity index (χ1) is 7.61. The number of carbonyl (C=O) groups excluding carboxylic acids is 2. The van der Waals surface area contributed by atoms with Gasteiger partial charge in [0.15, 0.2) is 0 Å². The lowest BCUT2D eigenvalue weighted by Crippen LogP contribution is -2.01. The number of aromatic nitrogens is 1. The van der Waals surface area contributed by atoms with Crippen LogP contribution in [0, 0.1) is 0 Å². The Balaban J connectivity index is 2.37. The molecular formula is C13H17NO2. The van der Waals surface area contributed by atoms with Gasteiger partial charge < -0.3 is 9.36 Å². The maximum absolute atomic E-state index is 11.6. The molecule has 0 aliphatic carbocycles. The lowest BCUT2D eigenvalue weighted by molar-refractivity contribution is -0.117. The zero-order valence-electron chi connectivity index (χ0n) is 9.77. The Hall–Kier alpha value is -1.64. The zero-order chi connectivity index (χ0) is 12.0. The second-order valence-electron chi connectivity index (χ2n) is 3.87. The van der Waals surface area contributed by atoms with Crippen LogP contribution in [0.1, 0.15) is 36.7 Å². The molecule has 0 aliphatic heterocycles. The summed E-state index contributed by atoms with van der Waals surface area (Å²) in [6.07, 6.45) is 7.43. The third kappa shape index (κ3) is 3.85. The highest BCUT2D eigenvalue weighted by molar-refractivity contribution is 6.03. The van der Waals surface area contributed by atoms with E-state index in [1.165, 1.54) is 0 Å². The Labute approximate surface area is 95.8 Å². The number of carbonyl (C=O) groups is 2. The molecule has 3 heteroatoms. The van der Waals surface area contributed by atoms with Gasteiger partial charge >= 0.3 is 0 Å². The number of rotatable bonds is 6. The zero-order valence-corrected chi connectivity index (χ0v) is 9.77. The number of ketones is 2. The third-order valence-corrected chi connectivity index (χ3v) is 2.37. The Kier molecular flexibility index (Phi) is 4.70. The van der Waals surface area contributed by atoms with Crippen molar-refractivity contribution >= 4 is 11.6 Å². The summed E-state index contributed by atoms with van der Waals surface area (Å²) in [5.41, 5.74) is 0.683. The summed E-state index contributed by atoms with van der Waals surface area (Å²) in [7, 11) is 1.84. The van der Waals surface area contributed by atoms with E-state index in [9.17, 15) is 9.59 Å². The molecule has 0 fully saturated rings. The molecule has 1 rings (SSSR count). The Morgan fingerprint density at radius 3 is 2.75 bits per heavy atom. The van der Waals surface area contributed by atoms with Crippen molar-refractivity contribution in [1.82, 2.24) is 4.57 Å². The van der Waals surface area contributed by atoms with Gasteiger partial charge in [0.2, 0.25) is 5.78 Å². The van der Waals surface area contributed by atoms with Crippen molar-refractivity contribution in [2.24, 2.45) is 7.05 Å². The van der Waals surface area contributed by atoms with Crippen LogP contribution < -0.4 is 0 Å². The summed E-state index contributed by atoms with van der Waals surface area (Å²) < 4.78 is 1.79. The first-order valence-electron chi connectivity index (χ1n) is 5.43. The molecule has 0 unspecified atom stereocenters. The van der Waals surface area contributed by atoms with E-state index in [4.69, 9.17) is 0 Å². The van der Waals surface area contributed by atoms with E-state index in [1.807, 2.05) is 25.4 Å². The molecule has 0 aliphatic rings. The molecule has 0 saturated heterocycles. The molecule has 16 heavy (non-hydrogen) atoms. The monoisotopic (exact) mass is 219 g/mol. The number of nitrogens with zero attached hydrogens (tertiary/aromatic N) is 1. The van der Waals surface area contributed by atoms with E-state index in [0.29, 0.717) is 12.1 Å². The van der Waals surface area contributed by atoms with Crippen LogP contribution in [0.15, 0.2) is 30.5 Å². The Bertz CT molecular complexity index is 402. The minimum Gasteiger partial charge on any atom is -0.348 e. The minimum absolute atomic E-state index is 0.00956. The van der Waals surface area contributed by atoms with Gasteiger partial charge in [-0.3, -0.25) is 4.79 Å². The topological polar surface area (TPSA) is 39.1 Å². The first kappa shape index (κ1) is 12.4. The van der Waals surface area contributed by atoms with Crippen molar-refractivity contribution in [3.05, 3.63) is 36.2 Å². The van der Waals surface area contributed by atoms with Crippen LogP contribution in [-0.4, -0.2) is 16.1 Å². The fraction of sp³-hybridized carbons (Fsp3) is 0.385. The molecule has 0 N–H and O–H groups in total. The van der Waals surface area contributed by atoms with Crippen LogP contribution >= 0.6 is 0 Å². The highest BCUT2D eigenvalue weighted by Crippen LogP contribution is 2.03. The quantitative estimate of drug-likeness (QED) is 0.419. The second kappa shape index (κ2) is 6.05. The molecule has 0 saturated carbocycles. The van der Waals surface area contributed by atoms with Gasteiger partial charge in [0.25, 0.3) is 0 Å². The SMILES string of the molecule is CC(=O)CCC/C=C/C(=O)c1cccn1C. The lowest BCUT2D eigenvalue weighted by Gasteiger charge is -1.97. The molecule has 0 bridgehead atoms. The van der Waals surface area contributed by atoms with Crippen LogP contribution in [0.3, 0.4) is 0 Å². The van der Waals surface area contributed by atoms with Crippen LogP contribution in [0.5, 0.6) is 0 Å². The van der Waals surface area contributed by atoms with Gasteiger partial charge in [-0.05, 0) is 38.0 Å². The standard InChI is InChI=1S/C13H17NO2/c1-11(15)7-4-3-5-9-13(16)12-8-6-10-14(12)2/h5-6,8-10H,3-4,7H2,1-2H3/b9-5+. The lowest BCUT2D eigenvalue weighted by atomic mass is 10.1. The molecule has 0 aromatic carbocycles. The molecule has 1 heterocycles. The van der Waals surface area contributed by atoms with Crippen LogP contribution in [-0.2, 0) is 11.8 Å². The summed E-state index contributed by atoms with van der Waals surface area (Å²) in [5.74, 6) is 0.206. The van der Waals surface area contributed by atoms with E-state index >= 15 is 0 Å². The predicted octanol–water partition coefficient (Wildman–Crippen LogP) is 2.52. The number of hydrogen-bond acceptors (Lipinski definition) is 2. The summed E-state index contributed by atoms with van der Waals surface area (Å²) >= 11 is 0. The molecule has 0 radical (unpaired) electrons. The molecule has 1 aromatic heterocycles. The molecule has 0 amide bonds. The number of allylic oxidation sites excluding steroid dienone is 2. The molecular weight excluding hydrogens is 202 g/mol. The smallest absolute Gasteiger partial charge is 0.201 e. The second-order valence-corrected chi connectivity index (χ2v) is 3.87. The van der Waals surface area contributed by atoms with E-state index in [2.05, 4.69) is 0 Å². The van der Waals surface area contributed by atoms with Crippen LogP contribution in [0.2, 0.25) is 0 Å². The minimum atomic E-state index is 0.00956. The number of unbranched alkanes of at least 4 members (excludes halogenated alkanes) is 1. The summed E-state index contributed by atoms with van der Waals surface area (Å²) in [5, 5.41) is 0. The van der Waals surface area contributed by atoms with Gasteiger partial charge in [-0.2, -0.15) is 0 Å². The van der Waals surface area contributed by atoms with Crippen molar-refractivity contribution in [3.63, 3.8) is 0 Å². The predicted molar refractivity (Wildman–Crippen MR) is 63.4 cm³/mol. The fourth-order valence-electron chi connectivity index (χ4n) is 1.46. The summed E-state index contributed by atoms with van der Waals surface area (Å²) in [6.45, 7) is 1.58. The largest absolute Gasteiger partial charge is 0.348 e. The maximum Gasteiger partial charge on any atom is 0.201 e. The Morgan fingerprint density at radius 1 is 1.44 bits per heavy atom. The van der Waals surface area contributed by atoms with Crippen molar-refractivity contribution < 1.29 is 9.59 Å². The molecule has 1 aromatic rings. The highest BCUT2D eigenvalue weighted by Gasteiger charge is 2.03. The highest BCUT2D eigenvalue weighted by atomic mass is 16.1. The van der Waals surface area contributed by atoms with Crippen LogP contribution in [0.25, 0.3) is 0 Å². The van der Waals surface area contributed by atoms with Gasteiger partial charge in [-0.15, -0.1) is 0 Å². The van der Waals surface area contributed by atoms with Crippen molar-refractivity contribution in [2.45, 2.75) is 26.2 Å². The Morgan fingerprint density at radius 2 is 2.19 bits per heavy atom. The molecule has 86 valence electrons. The van der Waals surface area contributed by atoms with Crippen LogP contribution in [0.4, 0.5) is 0 Å². The van der Waals surface area contributed by atoms with E-state index in [0.717, 1.165) is 12.8 Å². The summed E-state index contributed by atoms with van der Waals surface area (Å²) in [4.78, 5) is 22.3. The van der Waals surface area contributed by atoms with Gasteiger partial charge in [0.1, 0.15) is 5.78 Å². The summed E-state index contributed by atoms with van der Waals surface area (Å²) in [6, 6.07) is 3.64. The molecule has 3 nitrogen and oxygen atoms in total. The first-order valence-corrected chi connectivity index (χ1v) is 5.43. The average molecular weight is 219 g/mol. The van der Waals surface area contributed by atoms with Gasteiger partial charge in [0.05, 0.1) is 5.69 Å². The number of hydrogen-bond donors (Lipinski definition) is 0. The maximum atomic E-state index is 11.6. The van der Waals surface area contributed by atoms with Crippen molar-refractivity contribution in [2.75, 3.05) is 0 Å². The van der Waals surface area contributed by atoms with E-state index < -0.39 is 0 Å². The fourth-order valence-corrected chi connectivity index (χ4v) is 1.46. The molecule has 0 spiro atoms. The van der Waals surface area contributed by atoms with Gasteiger partial charge in [-0.25, -0.2) is 0 Å². The van der Waals surface area contributed by atoms with E-state index in [1.54, 1.807) is 23.6 Å². The number of Topliss-reactive ketones (excluding diaryl/α,β-unsaturated/α-hetero) is 1. The number of aryl methyl sites for hydroxylation is 1. The van der Waals surface area contributed by atoms with Gasteiger partial charge in [0, 0.05) is 19.7 Å². The van der Waals surface area contributed by atoms with Crippen molar-refractivity contribution in [3.8, 4) is 0 Å². The van der Waals surface area contributed by atoms with Gasteiger partial charge in [-0.1, -0.05) is 6.08 Å². The molecule has 0 atom stereocenters. The van der Waals surface area contributed by atoms with E-state index in [-0.39, 0.29) is 11.6 Å². The normalized spacial score (nSPS) is 10.9. The van der Waals surface area contributed by atoms with Crippen molar-refractivity contribution in [1.29, 1.82) is 0 Å².